The first-order chi connectivity index (χ1) is 30.0. The fourth-order valence-corrected chi connectivity index (χ4v) is 6.69. The third-order valence-electron chi connectivity index (χ3n) is 9.66. The molecule has 0 aliphatic rings. The van der Waals surface area contributed by atoms with Gasteiger partial charge in [-0.1, -0.05) is 54.6 Å². The van der Waals surface area contributed by atoms with Crippen molar-refractivity contribution in [3.8, 4) is 22.3 Å². The van der Waals surface area contributed by atoms with Gasteiger partial charge in [0.1, 0.15) is 0 Å². The lowest BCUT2D eigenvalue weighted by Crippen LogP contribution is -2.06. The number of esters is 2. The number of nitrogens with zero attached hydrogens (tertiary/aromatic N) is 2. The second kappa shape index (κ2) is 19.6. The Morgan fingerprint density at radius 1 is 0.524 bits per heavy atom. The average molecular weight is 852 g/mol. The number of hydrogen-bond donors (Lipinski definition) is 2. The zero-order valence-electron chi connectivity index (χ0n) is 34.3. The van der Waals surface area contributed by atoms with Crippen molar-refractivity contribution >= 4 is 68.4 Å². The number of benzene rings is 6. The molecule has 0 amide bonds. The van der Waals surface area contributed by atoms with Crippen molar-refractivity contribution in [2.24, 2.45) is 0 Å². The van der Waals surface area contributed by atoms with Gasteiger partial charge in [0.25, 0.3) is 11.4 Å². The SMILES string of the molecule is CC(=O)c1cccc(-c2c(C(=O)O)cccc2[N+](=O)[O-])c1.COC(=O)c1cccc([N+](=O)[O-])c1-c1cccc(C(C)=O)c1.COC(=O)c1cccc2[nH]c3ccc(C(C)=O)cc3c12. The number of nitro benzene ring substituents is 2. The number of Topliss-reactive ketones (excluding diaryl/α,β-unsaturated/α-hetero) is 3. The maximum Gasteiger partial charge on any atom is 0.338 e. The highest BCUT2D eigenvalue weighted by Gasteiger charge is 2.25. The Bertz CT molecular complexity index is 2970. The first kappa shape index (κ1) is 45.4. The highest BCUT2D eigenvalue weighted by atomic mass is 16.6. The lowest BCUT2D eigenvalue weighted by Gasteiger charge is -2.09. The Morgan fingerprint density at radius 2 is 0.952 bits per heavy atom. The number of ketones is 3. The smallest absolute Gasteiger partial charge is 0.338 e. The molecule has 0 aliphatic heterocycles. The largest absolute Gasteiger partial charge is 0.478 e. The van der Waals surface area contributed by atoms with Crippen LogP contribution < -0.4 is 0 Å². The molecule has 63 heavy (non-hydrogen) atoms. The number of hydrogen-bond acceptors (Lipinski definition) is 12. The fraction of sp³-hybridized carbons (Fsp3) is 0.106. The summed E-state index contributed by atoms with van der Waals surface area (Å²) in [7, 11) is 2.56. The van der Waals surface area contributed by atoms with Crippen LogP contribution in [0.4, 0.5) is 11.4 Å². The maximum absolute atomic E-state index is 11.9. The summed E-state index contributed by atoms with van der Waals surface area (Å²) >= 11 is 0. The van der Waals surface area contributed by atoms with Crippen LogP contribution in [0.15, 0.2) is 121 Å². The molecule has 0 fully saturated rings. The number of ether oxygens (including phenoxy) is 2. The van der Waals surface area contributed by atoms with E-state index < -0.39 is 21.8 Å². The Kier molecular flexibility index (Phi) is 14.1. The highest BCUT2D eigenvalue weighted by Crippen LogP contribution is 2.36. The van der Waals surface area contributed by atoms with E-state index in [0.717, 1.165) is 21.8 Å². The Hall–Kier alpha value is -8.66. The minimum atomic E-state index is -1.26. The first-order valence-electron chi connectivity index (χ1n) is 18.7. The van der Waals surface area contributed by atoms with Gasteiger partial charge < -0.3 is 19.6 Å². The minimum Gasteiger partial charge on any atom is -0.478 e. The molecule has 1 aromatic heterocycles. The molecule has 0 radical (unpaired) electrons. The zero-order chi connectivity index (χ0) is 46.1. The average Bonchev–Trinajstić information content (AvgIpc) is 3.66. The number of aromatic amines is 1. The Labute approximate surface area is 358 Å². The molecule has 0 unspecified atom stereocenters. The van der Waals surface area contributed by atoms with E-state index in [2.05, 4.69) is 9.72 Å². The van der Waals surface area contributed by atoms with E-state index in [0.29, 0.717) is 33.4 Å². The molecule has 0 saturated carbocycles. The lowest BCUT2D eigenvalue weighted by atomic mass is 9.95. The zero-order valence-corrected chi connectivity index (χ0v) is 34.3. The molecule has 0 spiro atoms. The summed E-state index contributed by atoms with van der Waals surface area (Å²) in [4.78, 5) is 93.9. The molecule has 0 bridgehead atoms. The molecule has 7 rings (SSSR count). The molecule has 2 N–H and O–H groups in total. The second-order valence-electron chi connectivity index (χ2n) is 13.6. The molecular weight excluding hydrogens is 815 g/mol. The number of aromatic carboxylic acids is 1. The summed E-state index contributed by atoms with van der Waals surface area (Å²) in [5, 5.41) is 33.3. The van der Waals surface area contributed by atoms with E-state index in [1.54, 1.807) is 54.6 Å². The van der Waals surface area contributed by atoms with Crippen LogP contribution >= 0.6 is 0 Å². The molecule has 0 atom stereocenters. The number of aromatic nitrogens is 1. The van der Waals surface area contributed by atoms with Crippen molar-refractivity contribution in [3.63, 3.8) is 0 Å². The number of carbonyl (C=O) groups excluding carboxylic acids is 5. The van der Waals surface area contributed by atoms with Gasteiger partial charge in [0, 0.05) is 50.6 Å². The van der Waals surface area contributed by atoms with Crippen molar-refractivity contribution < 1.29 is 53.2 Å². The van der Waals surface area contributed by atoms with Crippen LogP contribution in [0.1, 0.15) is 82.9 Å². The van der Waals surface area contributed by atoms with Gasteiger partial charge in [0.05, 0.1) is 51.9 Å². The van der Waals surface area contributed by atoms with E-state index >= 15 is 0 Å². The summed E-state index contributed by atoms with van der Waals surface area (Å²) in [5.74, 6) is -2.69. The highest BCUT2D eigenvalue weighted by molar-refractivity contribution is 6.17. The number of rotatable bonds is 10. The van der Waals surface area contributed by atoms with Crippen LogP contribution in [-0.4, -0.2) is 69.4 Å². The number of carboxylic acids is 1. The molecule has 0 aliphatic carbocycles. The summed E-state index contributed by atoms with van der Waals surface area (Å²) < 4.78 is 9.50. The quantitative estimate of drug-likeness (QED) is 0.0564. The number of carbonyl (C=O) groups is 6. The molecule has 0 saturated heterocycles. The van der Waals surface area contributed by atoms with Gasteiger partial charge in [-0.2, -0.15) is 0 Å². The second-order valence-corrected chi connectivity index (χ2v) is 13.6. The number of nitro groups is 2. The summed E-state index contributed by atoms with van der Waals surface area (Å²) in [6.07, 6.45) is 0. The van der Waals surface area contributed by atoms with Crippen molar-refractivity contribution in [1.29, 1.82) is 0 Å². The van der Waals surface area contributed by atoms with E-state index in [1.165, 1.54) is 83.5 Å². The Morgan fingerprint density at radius 3 is 1.43 bits per heavy atom. The summed E-state index contributed by atoms with van der Waals surface area (Å²) in [6, 6.07) is 31.4. The van der Waals surface area contributed by atoms with Gasteiger partial charge in [-0.05, 0) is 86.5 Å². The van der Waals surface area contributed by atoms with Gasteiger partial charge in [-0.15, -0.1) is 0 Å². The van der Waals surface area contributed by atoms with Crippen LogP contribution in [-0.2, 0) is 9.47 Å². The van der Waals surface area contributed by atoms with Gasteiger partial charge >= 0.3 is 17.9 Å². The molecule has 6 aromatic carbocycles. The molecule has 16 heteroatoms. The topological polar surface area (TPSA) is 243 Å². The normalized spacial score (nSPS) is 10.4. The van der Waals surface area contributed by atoms with E-state index in [9.17, 15) is 54.1 Å². The van der Waals surface area contributed by atoms with Crippen molar-refractivity contribution in [2.75, 3.05) is 14.2 Å². The number of nitrogens with one attached hydrogen (secondary N) is 1. The predicted octanol–water partition coefficient (Wildman–Crippen LogP) is 9.72. The van der Waals surface area contributed by atoms with Gasteiger partial charge in [0.2, 0.25) is 0 Å². The van der Waals surface area contributed by atoms with Gasteiger partial charge in [-0.25, -0.2) is 14.4 Å². The minimum absolute atomic E-state index is 0.00176. The predicted molar refractivity (Wildman–Crippen MR) is 233 cm³/mol. The molecule has 7 aromatic rings. The third-order valence-corrected chi connectivity index (χ3v) is 9.66. The third kappa shape index (κ3) is 10.0. The van der Waals surface area contributed by atoms with Gasteiger partial charge in [0.15, 0.2) is 17.3 Å². The number of carboxylic acid groups (broad SMARTS) is 1. The van der Waals surface area contributed by atoms with Crippen molar-refractivity contribution in [1.82, 2.24) is 4.98 Å². The van der Waals surface area contributed by atoms with Crippen LogP contribution in [0.2, 0.25) is 0 Å². The van der Waals surface area contributed by atoms with E-state index in [-0.39, 0.29) is 56.9 Å². The number of fused-ring (bicyclic) bond motifs is 3. The van der Waals surface area contributed by atoms with Crippen molar-refractivity contribution in [2.45, 2.75) is 20.8 Å². The van der Waals surface area contributed by atoms with E-state index in [4.69, 9.17) is 4.74 Å². The molecule has 318 valence electrons. The van der Waals surface area contributed by atoms with Crippen molar-refractivity contribution in [3.05, 3.63) is 175 Å². The Balaban J connectivity index is 0.000000178. The lowest BCUT2D eigenvalue weighted by molar-refractivity contribution is -0.384. The van der Waals surface area contributed by atoms with Crippen LogP contribution in [0.25, 0.3) is 44.1 Å². The summed E-state index contributed by atoms with van der Waals surface area (Å²) in [5.41, 5.74) is 3.89. The van der Waals surface area contributed by atoms with Crippen LogP contribution in [0.5, 0.6) is 0 Å². The molecule has 1 heterocycles. The number of H-pyrrole nitrogens is 1. The monoisotopic (exact) mass is 851 g/mol. The maximum atomic E-state index is 11.9. The van der Waals surface area contributed by atoms with Gasteiger partial charge in [-0.3, -0.25) is 34.6 Å². The fourth-order valence-electron chi connectivity index (χ4n) is 6.69. The summed E-state index contributed by atoms with van der Waals surface area (Å²) in [6.45, 7) is 4.30. The first-order valence-corrected chi connectivity index (χ1v) is 18.7. The number of methoxy groups -OCH3 is 2. The van der Waals surface area contributed by atoms with E-state index in [1.807, 2.05) is 18.2 Å². The standard InChI is InChI=1S/C16H13NO5.C16H13NO3.C15H11NO5/c1-10(18)11-5-3-6-12(9-11)15-13(16(19)22-2)7-4-8-14(15)17(20)21;1-9(18)10-6-7-13-12(8-10)15-11(16(19)20-2)4-3-5-14(15)17-13;1-9(17)10-4-2-5-11(8-10)14-12(15(18)19)6-3-7-13(14)16(20)21/h3-9H,1-2H3;3-8,17H,1-2H3;2-8H,1H3,(H,18,19). The van der Waals surface area contributed by atoms with Crippen LogP contribution in [0, 0.1) is 20.2 Å². The van der Waals surface area contributed by atoms with Crippen LogP contribution in [0.3, 0.4) is 0 Å². The molecular formula is C47H37N3O13. The molecule has 16 nitrogen and oxygen atoms in total.